The van der Waals surface area contributed by atoms with Crippen molar-refractivity contribution in [3.8, 4) is 0 Å². The molecule has 148 valence electrons. The lowest BCUT2D eigenvalue weighted by atomic mass is 10.0. The van der Waals surface area contributed by atoms with Gasteiger partial charge in [-0.25, -0.2) is 13.6 Å². The van der Waals surface area contributed by atoms with E-state index in [-0.39, 0.29) is 5.56 Å². The van der Waals surface area contributed by atoms with Gasteiger partial charge in [-0.05, 0) is 48.8 Å². The van der Waals surface area contributed by atoms with Gasteiger partial charge in [-0.1, -0.05) is 6.07 Å². The van der Waals surface area contributed by atoms with Crippen LogP contribution in [0.25, 0.3) is 0 Å². The van der Waals surface area contributed by atoms with Crippen molar-refractivity contribution in [2.24, 2.45) is 11.8 Å². The number of nitrogens with zero attached hydrogens (tertiary/aromatic N) is 3. The van der Waals surface area contributed by atoms with Crippen LogP contribution in [0.3, 0.4) is 0 Å². The van der Waals surface area contributed by atoms with Gasteiger partial charge in [0.05, 0.1) is 0 Å². The highest BCUT2D eigenvalue weighted by molar-refractivity contribution is 5.65. The Morgan fingerprint density at radius 1 is 1.07 bits per heavy atom. The van der Waals surface area contributed by atoms with Crippen LogP contribution in [-0.4, -0.2) is 60.3 Å². The van der Waals surface area contributed by atoms with E-state index in [2.05, 4.69) is 9.80 Å². The molecule has 1 aromatic rings. The summed E-state index contributed by atoms with van der Waals surface area (Å²) in [6.07, 6.45) is 0.122. The van der Waals surface area contributed by atoms with Crippen molar-refractivity contribution >= 4 is 11.8 Å². The van der Waals surface area contributed by atoms with Gasteiger partial charge in [0.2, 0.25) is 0 Å². The second-order valence-electron chi connectivity index (χ2n) is 8.13. The number of hydrogen-bond acceptors (Lipinski definition) is 3. The van der Waals surface area contributed by atoms with Crippen LogP contribution < -0.4 is 4.90 Å². The Bertz CT molecular complexity index is 680. The molecule has 3 aliphatic rings. The zero-order valence-electron chi connectivity index (χ0n) is 15.5. The number of likely N-dealkylation sites (tertiary alicyclic amines) is 2. The van der Waals surface area contributed by atoms with Crippen molar-refractivity contribution < 1.29 is 18.7 Å². The highest BCUT2D eigenvalue weighted by Crippen LogP contribution is 2.34. The van der Waals surface area contributed by atoms with Gasteiger partial charge in [-0.15, -0.1) is 0 Å². The van der Waals surface area contributed by atoms with Gasteiger partial charge < -0.3 is 14.9 Å². The number of halogens is 2. The zero-order chi connectivity index (χ0) is 19.0. The van der Waals surface area contributed by atoms with Crippen molar-refractivity contribution in [1.29, 1.82) is 0 Å². The molecular weight excluding hydrogens is 352 g/mol. The number of carboxylic acid groups (broad SMARTS) is 1. The van der Waals surface area contributed by atoms with Crippen molar-refractivity contribution in [3.63, 3.8) is 0 Å². The van der Waals surface area contributed by atoms with Crippen LogP contribution in [0.15, 0.2) is 18.2 Å². The van der Waals surface area contributed by atoms with E-state index in [4.69, 9.17) is 5.11 Å². The summed E-state index contributed by atoms with van der Waals surface area (Å²) in [5.41, 5.74) is 1.74. The predicted molar refractivity (Wildman–Crippen MR) is 99.3 cm³/mol. The average molecular weight is 379 g/mol. The molecule has 0 bridgehead atoms. The lowest BCUT2D eigenvalue weighted by Gasteiger charge is -2.30. The normalized spacial score (nSPS) is 26.0. The molecule has 1 aromatic carbocycles. The summed E-state index contributed by atoms with van der Waals surface area (Å²) in [4.78, 5) is 17.0. The Hall–Kier alpha value is -1.89. The molecule has 3 fully saturated rings. The molecular formula is C20H27F2N3O2. The molecule has 7 heteroatoms. The van der Waals surface area contributed by atoms with Crippen LogP contribution in [0.1, 0.15) is 36.8 Å². The first-order valence-corrected chi connectivity index (χ1v) is 9.87. The van der Waals surface area contributed by atoms with Crippen molar-refractivity contribution in [3.05, 3.63) is 29.3 Å². The fraction of sp³-hybridized carbons (Fsp3) is 0.650. The molecule has 2 atom stereocenters. The minimum Gasteiger partial charge on any atom is -0.465 e. The van der Waals surface area contributed by atoms with Crippen LogP contribution in [0.2, 0.25) is 0 Å². The maximum Gasteiger partial charge on any atom is 0.407 e. The smallest absolute Gasteiger partial charge is 0.407 e. The Morgan fingerprint density at radius 3 is 2.33 bits per heavy atom. The maximum atomic E-state index is 13.7. The lowest BCUT2D eigenvalue weighted by Crippen LogP contribution is -2.32. The number of rotatable bonds is 4. The van der Waals surface area contributed by atoms with E-state index in [1.54, 1.807) is 6.07 Å². The number of carbonyl (C=O) groups is 1. The quantitative estimate of drug-likeness (QED) is 0.867. The second kappa shape index (κ2) is 7.62. The lowest BCUT2D eigenvalue weighted by molar-refractivity contribution is 0.145. The Morgan fingerprint density at radius 2 is 1.74 bits per heavy atom. The summed E-state index contributed by atoms with van der Waals surface area (Å²) in [5.74, 6) is 0.646. The van der Waals surface area contributed by atoms with Crippen LogP contribution in [0.5, 0.6) is 0 Å². The minimum absolute atomic E-state index is 0.141. The third-order valence-corrected chi connectivity index (χ3v) is 6.31. The SMILES string of the molecule is O=C(O)N1CC2CN(Cc3ccc(N4CCCCC4)cc3C(F)F)CC2C1. The van der Waals surface area contributed by atoms with Gasteiger partial charge in [-0.3, -0.25) is 4.90 Å². The zero-order valence-corrected chi connectivity index (χ0v) is 15.5. The summed E-state index contributed by atoms with van der Waals surface area (Å²) in [6, 6.07) is 5.52. The second-order valence-corrected chi connectivity index (χ2v) is 8.13. The molecule has 1 amide bonds. The van der Waals surface area contributed by atoms with Crippen molar-refractivity contribution in [2.45, 2.75) is 32.2 Å². The summed E-state index contributed by atoms with van der Waals surface area (Å²) in [5, 5.41) is 9.13. The van der Waals surface area contributed by atoms with Gasteiger partial charge in [0.25, 0.3) is 6.43 Å². The summed E-state index contributed by atoms with van der Waals surface area (Å²) >= 11 is 0. The monoisotopic (exact) mass is 379 g/mol. The summed E-state index contributed by atoms with van der Waals surface area (Å²) < 4.78 is 27.4. The number of amides is 1. The van der Waals surface area contributed by atoms with E-state index >= 15 is 0 Å². The Kier molecular flexibility index (Phi) is 5.21. The van der Waals surface area contributed by atoms with E-state index in [1.165, 1.54) is 11.3 Å². The molecule has 27 heavy (non-hydrogen) atoms. The van der Waals surface area contributed by atoms with Crippen LogP contribution in [-0.2, 0) is 6.54 Å². The van der Waals surface area contributed by atoms with Gasteiger partial charge >= 0.3 is 6.09 Å². The first kappa shape index (κ1) is 18.5. The van der Waals surface area contributed by atoms with Gasteiger partial charge in [-0.2, -0.15) is 0 Å². The number of fused-ring (bicyclic) bond motifs is 1. The van der Waals surface area contributed by atoms with E-state index in [0.29, 0.717) is 37.0 Å². The number of alkyl halides is 2. The van der Waals surface area contributed by atoms with Crippen molar-refractivity contribution in [2.75, 3.05) is 44.2 Å². The number of anilines is 1. The summed E-state index contributed by atoms with van der Waals surface area (Å²) in [7, 11) is 0. The average Bonchev–Trinajstić information content (AvgIpc) is 3.21. The highest BCUT2D eigenvalue weighted by Gasteiger charge is 2.41. The molecule has 0 aromatic heterocycles. The molecule has 0 aliphatic carbocycles. The highest BCUT2D eigenvalue weighted by atomic mass is 19.3. The molecule has 0 radical (unpaired) electrons. The third kappa shape index (κ3) is 3.88. The van der Waals surface area contributed by atoms with Crippen LogP contribution >= 0.6 is 0 Å². The molecule has 3 aliphatic heterocycles. The van der Waals surface area contributed by atoms with E-state index in [0.717, 1.165) is 44.7 Å². The van der Waals surface area contributed by atoms with E-state index in [9.17, 15) is 13.6 Å². The molecule has 3 heterocycles. The van der Waals surface area contributed by atoms with Crippen LogP contribution in [0.4, 0.5) is 19.3 Å². The molecule has 0 saturated carbocycles. The predicted octanol–water partition coefficient (Wildman–Crippen LogP) is 3.66. The molecule has 4 rings (SSSR count). The van der Waals surface area contributed by atoms with Gasteiger partial charge in [0, 0.05) is 57.1 Å². The largest absolute Gasteiger partial charge is 0.465 e. The molecule has 0 spiro atoms. The van der Waals surface area contributed by atoms with Gasteiger partial charge in [0.15, 0.2) is 0 Å². The topological polar surface area (TPSA) is 47.0 Å². The van der Waals surface area contributed by atoms with Crippen molar-refractivity contribution in [1.82, 2.24) is 9.80 Å². The maximum absolute atomic E-state index is 13.7. The first-order valence-electron chi connectivity index (χ1n) is 9.87. The molecule has 3 saturated heterocycles. The van der Waals surface area contributed by atoms with Gasteiger partial charge in [0.1, 0.15) is 0 Å². The molecule has 5 nitrogen and oxygen atoms in total. The molecule has 2 unspecified atom stereocenters. The summed E-state index contributed by atoms with van der Waals surface area (Å²) in [6.45, 7) is 5.09. The van der Waals surface area contributed by atoms with Crippen LogP contribution in [0, 0.1) is 11.8 Å². The number of piperidine rings is 1. The first-order chi connectivity index (χ1) is 13.0. The third-order valence-electron chi connectivity index (χ3n) is 6.31. The van der Waals surface area contributed by atoms with E-state index < -0.39 is 12.5 Å². The standard InChI is InChI=1S/C20H27F2N3O2/c21-19(22)18-8-17(24-6-2-1-3-7-24)5-4-14(18)9-23-10-15-12-25(20(26)27)13-16(15)11-23/h4-5,8,15-16,19H,1-3,6-7,9-13H2,(H,26,27). The minimum atomic E-state index is -2.48. The Balaban J connectivity index is 1.44. The fourth-order valence-electron chi connectivity index (χ4n) is 4.89. The fourth-order valence-corrected chi connectivity index (χ4v) is 4.89. The Labute approximate surface area is 158 Å². The number of hydrogen-bond donors (Lipinski definition) is 1. The number of benzene rings is 1. The van der Waals surface area contributed by atoms with E-state index in [1.807, 2.05) is 12.1 Å². The molecule has 1 N–H and O–H groups in total.